The number of para-hydroxylation sites is 1. The van der Waals surface area contributed by atoms with Crippen LogP contribution in [0.4, 0.5) is 10.5 Å². The lowest BCUT2D eigenvalue weighted by Crippen LogP contribution is -2.59. The van der Waals surface area contributed by atoms with Gasteiger partial charge < -0.3 is 19.9 Å². The lowest BCUT2D eigenvalue weighted by Gasteiger charge is -2.40. The Hall–Kier alpha value is -3.88. The molecular formula is C24H24N4O5. The topological polar surface area (TPSA) is 108 Å². The van der Waals surface area contributed by atoms with Gasteiger partial charge in [-0.1, -0.05) is 30.3 Å². The van der Waals surface area contributed by atoms with Crippen LogP contribution < -0.4 is 15.5 Å². The molecule has 0 bridgehead atoms. The first kappa shape index (κ1) is 21.0. The number of piperidine rings is 1. The van der Waals surface area contributed by atoms with E-state index in [1.807, 2.05) is 42.5 Å². The van der Waals surface area contributed by atoms with Crippen LogP contribution >= 0.6 is 0 Å². The molecule has 170 valence electrons. The summed E-state index contributed by atoms with van der Waals surface area (Å²) in [5.74, 6) is -0.997. The van der Waals surface area contributed by atoms with Gasteiger partial charge in [0.2, 0.25) is 11.8 Å². The highest BCUT2D eigenvalue weighted by Crippen LogP contribution is 2.28. The Morgan fingerprint density at radius 3 is 2.64 bits per heavy atom. The van der Waals surface area contributed by atoms with Crippen LogP contribution in [0.3, 0.4) is 0 Å². The third-order valence-electron chi connectivity index (χ3n) is 6.29. The fourth-order valence-electron chi connectivity index (χ4n) is 4.47. The van der Waals surface area contributed by atoms with Gasteiger partial charge in [-0.15, -0.1) is 0 Å². The maximum Gasteiger partial charge on any atom is 0.407 e. The molecule has 1 atom stereocenters. The highest BCUT2D eigenvalue weighted by molar-refractivity contribution is 6.05. The van der Waals surface area contributed by atoms with Crippen molar-refractivity contribution in [1.82, 2.24) is 15.5 Å². The second-order valence-corrected chi connectivity index (χ2v) is 8.55. The van der Waals surface area contributed by atoms with Crippen molar-refractivity contribution in [2.45, 2.75) is 38.1 Å². The zero-order valence-corrected chi connectivity index (χ0v) is 18.0. The molecule has 2 saturated heterocycles. The average Bonchev–Trinajstić information content (AvgIpc) is 3.11. The molecule has 0 spiro atoms. The average molecular weight is 448 g/mol. The van der Waals surface area contributed by atoms with E-state index in [4.69, 9.17) is 4.74 Å². The predicted octanol–water partition coefficient (Wildman–Crippen LogP) is 1.56. The molecule has 2 aromatic carbocycles. The van der Waals surface area contributed by atoms with Gasteiger partial charge in [-0.3, -0.25) is 19.7 Å². The second kappa shape index (κ2) is 8.57. The number of fused-ring (bicyclic) bond motifs is 1. The number of hydrogen-bond donors (Lipinski definition) is 2. The number of amides is 4. The van der Waals surface area contributed by atoms with Crippen molar-refractivity contribution in [3.8, 4) is 0 Å². The summed E-state index contributed by atoms with van der Waals surface area (Å²) in [5, 5.41) is 5.15. The Bertz CT molecular complexity index is 1110. The number of imide groups is 1. The van der Waals surface area contributed by atoms with Gasteiger partial charge in [0, 0.05) is 37.3 Å². The quantitative estimate of drug-likeness (QED) is 0.673. The molecule has 5 rings (SSSR count). The summed E-state index contributed by atoms with van der Waals surface area (Å²) in [4.78, 5) is 52.3. The highest BCUT2D eigenvalue weighted by Gasteiger charge is 2.39. The number of rotatable bonds is 5. The van der Waals surface area contributed by atoms with E-state index in [9.17, 15) is 19.2 Å². The molecule has 9 heteroatoms. The summed E-state index contributed by atoms with van der Waals surface area (Å²) in [6.07, 6.45) is 0.0443. The van der Waals surface area contributed by atoms with E-state index in [-0.39, 0.29) is 30.9 Å². The van der Waals surface area contributed by atoms with Crippen molar-refractivity contribution in [3.05, 3.63) is 65.2 Å². The Balaban J connectivity index is 1.13. The van der Waals surface area contributed by atoms with E-state index in [1.54, 1.807) is 6.07 Å². The summed E-state index contributed by atoms with van der Waals surface area (Å²) in [6, 6.07) is 14.7. The SMILES string of the molecule is O=C1CCC(N2Cc3ccc(COC(=O)NC4CN(c5ccccc5)C4)cc3C2=O)C(=O)N1. The van der Waals surface area contributed by atoms with Crippen LogP contribution in [0.1, 0.15) is 34.3 Å². The molecule has 0 aliphatic carbocycles. The van der Waals surface area contributed by atoms with Gasteiger partial charge in [0.15, 0.2) is 0 Å². The Morgan fingerprint density at radius 2 is 1.88 bits per heavy atom. The number of ether oxygens (including phenoxy) is 1. The van der Waals surface area contributed by atoms with E-state index in [2.05, 4.69) is 15.5 Å². The van der Waals surface area contributed by atoms with Crippen molar-refractivity contribution in [2.75, 3.05) is 18.0 Å². The first-order chi connectivity index (χ1) is 16.0. The maximum absolute atomic E-state index is 12.9. The summed E-state index contributed by atoms with van der Waals surface area (Å²) in [6.45, 7) is 1.81. The molecule has 2 fully saturated rings. The number of carbonyl (C=O) groups excluding carboxylic acids is 4. The van der Waals surface area contributed by atoms with E-state index >= 15 is 0 Å². The molecule has 33 heavy (non-hydrogen) atoms. The monoisotopic (exact) mass is 448 g/mol. The Labute approximate surface area is 190 Å². The zero-order chi connectivity index (χ0) is 22.9. The van der Waals surface area contributed by atoms with Gasteiger partial charge in [0.05, 0.1) is 6.04 Å². The van der Waals surface area contributed by atoms with Crippen LogP contribution in [0.2, 0.25) is 0 Å². The number of carbonyl (C=O) groups is 4. The van der Waals surface area contributed by atoms with Crippen LogP contribution in [0.5, 0.6) is 0 Å². The van der Waals surface area contributed by atoms with Crippen LogP contribution in [0.15, 0.2) is 48.5 Å². The normalized spacial score (nSPS) is 20.2. The van der Waals surface area contributed by atoms with Crippen LogP contribution in [-0.4, -0.2) is 53.9 Å². The van der Waals surface area contributed by atoms with Crippen molar-refractivity contribution in [2.24, 2.45) is 0 Å². The molecule has 1 unspecified atom stereocenters. The van der Waals surface area contributed by atoms with E-state index in [0.29, 0.717) is 24.1 Å². The molecule has 3 heterocycles. The number of nitrogens with one attached hydrogen (secondary N) is 2. The van der Waals surface area contributed by atoms with Crippen molar-refractivity contribution in [1.29, 1.82) is 0 Å². The third kappa shape index (κ3) is 4.26. The van der Waals surface area contributed by atoms with Gasteiger partial charge >= 0.3 is 6.09 Å². The highest BCUT2D eigenvalue weighted by atomic mass is 16.5. The van der Waals surface area contributed by atoms with Gasteiger partial charge in [-0.2, -0.15) is 0 Å². The van der Waals surface area contributed by atoms with Crippen molar-refractivity contribution < 1.29 is 23.9 Å². The predicted molar refractivity (Wildman–Crippen MR) is 118 cm³/mol. The van der Waals surface area contributed by atoms with Crippen LogP contribution in [0, 0.1) is 0 Å². The molecule has 2 aromatic rings. The number of nitrogens with zero attached hydrogens (tertiary/aromatic N) is 2. The molecule has 4 amide bonds. The fraction of sp³-hybridized carbons (Fsp3) is 0.333. The molecule has 2 N–H and O–H groups in total. The summed E-state index contributed by atoms with van der Waals surface area (Å²) in [7, 11) is 0. The minimum absolute atomic E-state index is 0.0291. The molecule has 3 aliphatic heterocycles. The van der Waals surface area contributed by atoms with Gasteiger partial charge in [-0.25, -0.2) is 4.79 Å². The maximum atomic E-state index is 12.9. The standard InChI is InChI=1S/C24H24N4O5/c29-21-9-8-20(22(30)26-21)28-11-16-7-6-15(10-19(16)23(28)31)14-33-24(32)25-17-12-27(13-17)18-4-2-1-3-5-18/h1-7,10,17,20H,8-9,11-14H2,(H,25,32)(H,26,29,30). The minimum Gasteiger partial charge on any atom is -0.445 e. The minimum atomic E-state index is -0.647. The molecule has 9 nitrogen and oxygen atoms in total. The third-order valence-corrected chi connectivity index (χ3v) is 6.29. The summed E-state index contributed by atoms with van der Waals surface area (Å²) >= 11 is 0. The zero-order valence-electron chi connectivity index (χ0n) is 18.0. The van der Waals surface area contributed by atoms with Crippen LogP contribution in [0.25, 0.3) is 0 Å². The lowest BCUT2D eigenvalue weighted by molar-refractivity contribution is -0.136. The molecule has 0 aromatic heterocycles. The largest absolute Gasteiger partial charge is 0.445 e. The summed E-state index contributed by atoms with van der Waals surface area (Å²) < 4.78 is 5.35. The molecule has 0 saturated carbocycles. The number of benzene rings is 2. The molecule has 0 radical (unpaired) electrons. The smallest absolute Gasteiger partial charge is 0.407 e. The van der Waals surface area contributed by atoms with Gasteiger partial charge in [-0.05, 0) is 35.7 Å². The number of hydrogen-bond acceptors (Lipinski definition) is 6. The van der Waals surface area contributed by atoms with Gasteiger partial charge in [0.25, 0.3) is 5.91 Å². The summed E-state index contributed by atoms with van der Waals surface area (Å²) in [5.41, 5.74) is 3.13. The van der Waals surface area contributed by atoms with Crippen molar-refractivity contribution in [3.63, 3.8) is 0 Å². The number of alkyl carbamates (subject to hydrolysis) is 1. The van der Waals surface area contributed by atoms with E-state index in [0.717, 1.165) is 24.3 Å². The fourth-order valence-corrected chi connectivity index (χ4v) is 4.47. The van der Waals surface area contributed by atoms with E-state index in [1.165, 1.54) is 4.90 Å². The van der Waals surface area contributed by atoms with Crippen LogP contribution in [-0.2, 0) is 27.5 Å². The number of anilines is 1. The second-order valence-electron chi connectivity index (χ2n) is 8.55. The van der Waals surface area contributed by atoms with E-state index < -0.39 is 18.0 Å². The van der Waals surface area contributed by atoms with Gasteiger partial charge in [0.1, 0.15) is 12.6 Å². The Morgan fingerprint density at radius 1 is 1.09 bits per heavy atom. The van der Waals surface area contributed by atoms with Crippen molar-refractivity contribution >= 4 is 29.5 Å². The lowest BCUT2D eigenvalue weighted by atomic mass is 10.0. The first-order valence-electron chi connectivity index (χ1n) is 11.0. The molecular weight excluding hydrogens is 424 g/mol. The Kier molecular flexibility index (Phi) is 5.45. The first-order valence-corrected chi connectivity index (χ1v) is 11.0. The molecule has 3 aliphatic rings.